The third kappa shape index (κ3) is 1.52. The Kier molecular flexibility index (Phi) is 2.38. The molecule has 2 aromatic carbocycles. The molecule has 1 aliphatic rings. The molecule has 1 unspecified atom stereocenters. The number of benzene rings is 2. The minimum atomic E-state index is 0.123. The third-order valence-electron chi connectivity index (χ3n) is 4.39. The fraction of sp³-hybridized carbons (Fsp3) is 0.333. The largest absolute Gasteiger partial charge is 0.0622 e. The maximum Gasteiger partial charge on any atom is 0.0186 e. The van der Waals surface area contributed by atoms with E-state index in [0.717, 1.165) is 6.42 Å². The molecule has 0 amide bonds. The Morgan fingerprint density at radius 1 is 0.944 bits per heavy atom. The van der Waals surface area contributed by atoms with E-state index in [1.54, 1.807) is 0 Å². The molecule has 0 fully saturated rings. The quantitative estimate of drug-likeness (QED) is 0.684. The summed E-state index contributed by atoms with van der Waals surface area (Å²) in [5.41, 5.74) is 4.71. The smallest absolute Gasteiger partial charge is 0.0186 e. The van der Waals surface area contributed by atoms with Crippen LogP contribution in [0.3, 0.4) is 0 Å². The first-order valence-electron chi connectivity index (χ1n) is 6.61. The van der Waals surface area contributed by atoms with Crippen molar-refractivity contribution in [2.24, 2.45) is 0 Å². The standard InChI is InChI=1S/C18H19/c1-17(2)13-18(3,14-9-5-4-6-10-14)16-12-8-7-11-15(16)17/h4-7,9-12H,13H2,1-3H3. The van der Waals surface area contributed by atoms with Crippen molar-refractivity contribution in [1.29, 1.82) is 0 Å². The lowest BCUT2D eigenvalue weighted by Crippen LogP contribution is -2.23. The monoisotopic (exact) mass is 235 g/mol. The van der Waals surface area contributed by atoms with Crippen LogP contribution < -0.4 is 0 Å². The fourth-order valence-electron chi connectivity index (χ4n) is 3.61. The molecular formula is C18H19. The SMILES string of the molecule is CC1(C)CC(C)(c2ccccc2)c2c[c]ccc21. The van der Waals surface area contributed by atoms with Crippen LogP contribution in [0.15, 0.2) is 48.5 Å². The Morgan fingerprint density at radius 2 is 1.67 bits per heavy atom. The van der Waals surface area contributed by atoms with Gasteiger partial charge in [-0.15, -0.1) is 0 Å². The van der Waals surface area contributed by atoms with E-state index in [2.05, 4.69) is 69.3 Å². The second-order valence-electron chi connectivity index (χ2n) is 6.23. The van der Waals surface area contributed by atoms with Crippen molar-refractivity contribution in [3.8, 4) is 0 Å². The lowest BCUT2D eigenvalue weighted by atomic mass is 9.75. The first-order chi connectivity index (χ1) is 8.54. The second-order valence-corrected chi connectivity index (χ2v) is 6.23. The van der Waals surface area contributed by atoms with Gasteiger partial charge in [-0.05, 0) is 40.7 Å². The molecule has 0 spiro atoms. The van der Waals surface area contributed by atoms with Crippen molar-refractivity contribution in [2.45, 2.75) is 38.0 Å². The zero-order valence-corrected chi connectivity index (χ0v) is 11.3. The molecule has 0 heterocycles. The molecule has 0 bridgehead atoms. The second kappa shape index (κ2) is 3.71. The summed E-state index contributed by atoms with van der Waals surface area (Å²) in [7, 11) is 0. The van der Waals surface area contributed by atoms with Gasteiger partial charge >= 0.3 is 0 Å². The van der Waals surface area contributed by atoms with Crippen molar-refractivity contribution < 1.29 is 0 Å². The summed E-state index contributed by atoms with van der Waals surface area (Å²) in [6.07, 6.45) is 1.16. The topological polar surface area (TPSA) is 0 Å². The molecule has 0 saturated carbocycles. The third-order valence-corrected chi connectivity index (χ3v) is 4.39. The first kappa shape index (κ1) is 11.5. The van der Waals surface area contributed by atoms with Gasteiger partial charge in [0.1, 0.15) is 0 Å². The van der Waals surface area contributed by atoms with Gasteiger partial charge in [-0.25, -0.2) is 0 Å². The molecule has 0 saturated heterocycles. The lowest BCUT2D eigenvalue weighted by Gasteiger charge is -2.28. The lowest BCUT2D eigenvalue weighted by molar-refractivity contribution is 0.425. The molecule has 2 aromatic rings. The average molecular weight is 235 g/mol. The summed E-state index contributed by atoms with van der Waals surface area (Å²) in [5, 5.41) is 0. The van der Waals surface area contributed by atoms with E-state index in [-0.39, 0.29) is 10.8 Å². The van der Waals surface area contributed by atoms with E-state index < -0.39 is 0 Å². The Morgan fingerprint density at radius 3 is 2.39 bits per heavy atom. The zero-order valence-electron chi connectivity index (χ0n) is 11.3. The van der Waals surface area contributed by atoms with Gasteiger partial charge in [0.2, 0.25) is 0 Å². The van der Waals surface area contributed by atoms with Crippen molar-refractivity contribution in [3.05, 3.63) is 71.3 Å². The predicted molar refractivity (Wildman–Crippen MR) is 75.8 cm³/mol. The van der Waals surface area contributed by atoms with Crippen LogP contribution in [0, 0.1) is 6.07 Å². The van der Waals surface area contributed by atoms with Crippen LogP contribution >= 0.6 is 0 Å². The van der Waals surface area contributed by atoms with Crippen molar-refractivity contribution >= 4 is 0 Å². The van der Waals surface area contributed by atoms with Crippen LogP contribution in [0.1, 0.15) is 43.9 Å². The molecule has 0 aromatic heterocycles. The van der Waals surface area contributed by atoms with Crippen LogP contribution in [0.25, 0.3) is 0 Å². The number of hydrogen-bond donors (Lipinski definition) is 0. The van der Waals surface area contributed by atoms with E-state index in [4.69, 9.17) is 0 Å². The summed E-state index contributed by atoms with van der Waals surface area (Å²) in [6, 6.07) is 20.6. The molecule has 0 N–H and O–H groups in total. The molecule has 0 aliphatic heterocycles. The van der Waals surface area contributed by atoms with E-state index >= 15 is 0 Å². The van der Waals surface area contributed by atoms with Crippen LogP contribution in [0.2, 0.25) is 0 Å². The van der Waals surface area contributed by atoms with Gasteiger partial charge < -0.3 is 0 Å². The predicted octanol–water partition coefficient (Wildman–Crippen LogP) is 4.47. The number of hydrogen-bond acceptors (Lipinski definition) is 0. The normalized spacial score (nSPS) is 24.8. The van der Waals surface area contributed by atoms with Gasteiger partial charge in [-0.2, -0.15) is 0 Å². The van der Waals surface area contributed by atoms with Gasteiger partial charge in [-0.1, -0.05) is 63.2 Å². The highest BCUT2D eigenvalue weighted by molar-refractivity contribution is 5.51. The van der Waals surface area contributed by atoms with E-state index in [1.165, 1.54) is 16.7 Å². The highest BCUT2D eigenvalue weighted by Crippen LogP contribution is 2.52. The molecule has 1 aliphatic carbocycles. The van der Waals surface area contributed by atoms with Crippen molar-refractivity contribution in [2.75, 3.05) is 0 Å². The number of rotatable bonds is 1. The summed E-state index contributed by atoms with van der Waals surface area (Å²) < 4.78 is 0. The minimum absolute atomic E-state index is 0.123. The molecule has 1 atom stereocenters. The summed E-state index contributed by atoms with van der Waals surface area (Å²) >= 11 is 0. The highest BCUT2D eigenvalue weighted by Gasteiger charge is 2.45. The summed E-state index contributed by atoms with van der Waals surface area (Å²) in [5.74, 6) is 0. The Balaban J connectivity index is 2.22. The molecule has 91 valence electrons. The van der Waals surface area contributed by atoms with Crippen molar-refractivity contribution in [1.82, 2.24) is 0 Å². The van der Waals surface area contributed by atoms with E-state index in [9.17, 15) is 0 Å². The highest BCUT2D eigenvalue weighted by atomic mass is 14.5. The Hall–Kier alpha value is -1.56. The van der Waals surface area contributed by atoms with Gasteiger partial charge in [0.15, 0.2) is 0 Å². The van der Waals surface area contributed by atoms with Crippen LogP contribution in [0.4, 0.5) is 0 Å². The minimum Gasteiger partial charge on any atom is -0.0622 e. The summed E-state index contributed by atoms with van der Waals surface area (Å²) in [6.45, 7) is 7.06. The molecule has 3 rings (SSSR count). The fourth-order valence-corrected chi connectivity index (χ4v) is 3.61. The summed E-state index contributed by atoms with van der Waals surface area (Å²) in [4.78, 5) is 0. The van der Waals surface area contributed by atoms with Gasteiger partial charge in [0.05, 0.1) is 0 Å². The van der Waals surface area contributed by atoms with Gasteiger partial charge in [0, 0.05) is 5.41 Å². The molecule has 0 heteroatoms. The van der Waals surface area contributed by atoms with Gasteiger partial charge in [-0.3, -0.25) is 0 Å². The zero-order chi connectivity index (χ0) is 12.8. The molecule has 18 heavy (non-hydrogen) atoms. The maximum atomic E-state index is 3.26. The van der Waals surface area contributed by atoms with Crippen LogP contribution in [0.5, 0.6) is 0 Å². The Bertz CT molecular complexity index is 566. The van der Waals surface area contributed by atoms with Gasteiger partial charge in [0.25, 0.3) is 0 Å². The maximum absolute atomic E-state index is 3.26. The van der Waals surface area contributed by atoms with Crippen LogP contribution in [-0.2, 0) is 10.8 Å². The average Bonchev–Trinajstić information content (AvgIpc) is 2.60. The molecule has 0 nitrogen and oxygen atoms in total. The number of fused-ring (bicyclic) bond motifs is 1. The van der Waals surface area contributed by atoms with Crippen LogP contribution in [-0.4, -0.2) is 0 Å². The van der Waals surface area contributed by atoms with E-state index in [0.29, 0.717) is 0 Å². The Labute approximate surface area is 110 Å². The molecule has 1 radical (unpaired) electrons. The molecular weight excluding hydrogens is 216 g/mol. The first-order valence-corrected chi connectivity index (χ1v) is 6.61. The van der Waals surface area contributed by atoms with Crippen molar-refractivity contribution in [3.63, 3.8) is 0 Å². The van der Waals surface area contributed by atoms with E-state index in [1.807, 2.05) is 6.07 Å².